The second kappa shape index (κ2) is 12.1. The van der Waals surface area contributed by atoms with Crippen LogP contribution in [0.2, 0.25) is 4.34 Å². The number of morpholine rings is 1. The molecule has 13 heteroatoms. The Bertz CT molecular complexity index is 1700. The molecule has 210 valence electrons. The van der Waals surface area contributed by atoms with Gasteiger partial charge in [0.2, 0.25) is 0 Å². The monoisotopic (exact) mass is 601 g/mol. The lowest BCUT2D eigenvalue weighted by Gasteiger charge is -2.26. The van der Waals surface area contributed by atoms with Gasteiger partial charge in [-0.15, -0.1) is 11.3 Å². The van der Waals surface area contributed by atoms with Crippen LogP contribution in [-0.2, 0) is 25.8 Å². The SMILES string of the molecule is Cc1nc2cc(NCCN3CCOCC3)ccc2c(=O)n1-c1ccc(CC(=O)CS(=O)(=O)c2ccc(Cl)s2)cn1. The Morgan fingerprint density at radius 3 is 2.65 bits per heavy atom. The molecule has 0 aliphatic carbocycles. The number of carbonyl (C=O) groups excluding carboxylic acids is 1. The molecule has 5 rings (SSSR count). The first-order valence-corrected chi connectivity index (χ1v) is 15.6. The number of ether oxygens (including phenoxy) is 1. The summed E-state index contributed by atoms with van der Waals surface area (Å²) in [5.41, 5.74) is 1.77. The molecule has 0 spiro atoms. The molecule has 1 N–H and O–H groups in total. The first-order chi connectivity index (χ1) is 19.2. The van der Waals surface area contributed by atoms with Crippen molar-refractivity contribution in [2.24, 2.45) is 0 Å². The fourth-order valence-electron chi connectivity index (χ4n) is 4.54. The summed E-state index contributed by atoms with van der Waals surface area (Å²) in [6.07, 6.45) is 1.37. The number of benzene rings is 1. The number of hydrogen-bond donors (Lipinski definition) is 1. The molecule has 0 saturated carbocycles. The molecular formula is C27H28ClN5O5S2. The highest BCUT2D eigenvalue weighted by atomic mass is 35.5. The smallest absolute Gasteiger partial charge is 0.267 e. The number of rotatable bonds is 10. The van der Waals surface area contributed by atoms with Crippen molar-refractivity contribution in [1.29, 1.82) is 0 Å². The molecule has 1 aromatic carbocycles. The minimum atomic E-state index is -3.76. The molecule has 0 amide bonds. The summed E-state index contributed by atoms with van der Waals surface area (Å²) in [4.78, 5) is 37.2. The number of carbonyl (C=O) groups is 1. The second-order valence-corrected chi connectivity index (χ2v) is 13.4. The number of aromatic nitrogens is 3. The van der Waals surface area contributed by atoms with Crippen molar-refractivity contribution in [3.8, 4) is 5.82 Å². The van der Waals surface area contributed by atoms with Gasteiger partial charge in [0.1, 0.15) is 21.6 Å². The highest BCUT2D eigenvalue weighted by Crippen LogP contribution is 2.26. The van der Waals surface area contributed by atoms with Gasteiger partial charge in [0.15, 0.2) is 15.6 Å². The highest BCUT2D eigenvalue weighted by molar-refractivity contribution is 7.94. The van der Waals surface area contributed by atoms with Crippen molar-refractivity contribution < 1.29 is 17.9 Å². The van der Waals surface area contributed by atoms with Crippen molar-refractivity contribution in [2.75, 3.05) is 50.5 Å². The van der Waals surface area contributed by atoms with E-state index in [4.69, 9.17) is 16.3 Å². The lowest BCUT2D eigenvalue weighted by atomic mass is 10.1. The number of nitrogens with one attached hydrogen (secondary N) is 1. The molecule has 4 heterocycles. The Balaban J connectivity index is 1.26. The van der Waals surface area contributed by atoms with Gasteiger partial charge >= 0.3 is 0 Å². The predicted molar refractivity (Wildman–Crippen MR) is 156 cm³/mol. The van der Waals surface area contributed by atoms with Crippen LogP contribution in [0.4, 0.5) is 5.69 Å². The molecule has 40 heavy (non-hydrogen) atoms. The van der Waals surface area contributed by atoms with Crippen molar-refractivity contribution >= 4 is 55.1 Å². The predicted octanol–water partition coefficient (Wildman–Crippen LogP) is 3.13. The number of Topliss-reactive ketones (excluding diaryl/α,β-unsaturated/α-hetero) is 1. The van der Waals surface area contributed by atoms with Gasteiger partial charge < -0.3 is 10.1 Å². The zero-order valence-electron chi connectivity index (χ0n) is 21.8. The first-order valence-electron chi connectivity index (χ1n) is 12.7. The van der Waals surface area contributed by atoms with Crippen LogP contribution < -0.4 is 10.9 Å². The fraction of sp³-hybridized carbons (Fsp3) is 0.333. The van der Waals surface area contributed by atoms with Gasteiger partial charge in [-0.05, 0) is 48.9 Å². The fourth-order valence-corrected chi connectivity index (χ4v) is 7.35. The minimum Gasteiger partial charge on any atom is -0.384 e. The zero-order valence-corrected chi connectivity index (χ0v) is 24.2. The Hall–Kier alpha value is -3.16. The van der Waals surface area contributed by atoms with Crippen LogP contribution in [0.5, 0.6) is 0 Å². The van der Waals surface area contributed by atoms with Crippen LogP contribution in [0, 0.1) is 6.92 Å². The summed E-state index contributed by atoms with van der Waals surface area (Å²) >= 11 is 6.75. The molecule has 0 unspecified atom stereocenters. The number of pyridine rings is 1. The number of hydrogen-bond acceptors (Lipinski definition) is 10. The maximum Gasteiger partial charge on any atom is 0.267 e. The van der Waals surface area contributed by atoms with Crippen LogP contribution in [-0.4, -0.2) is 78.8 Å². The molecule has 0 atom stereocenters. The van der Waals surface area contributed by atoms with Crippen molar-refractivity contribution in [1.82, 2.24) is 19.4 Å². The number of anilines is 1. The van der Waals surface area contributed by atoms with Crippen molar-refractivity contribution in [3.63, 3.8) is 0 Å². The van der Waals surface area contributed by atoms with Crippen LogP contribution in [0.3, 0.4) is 0 Å². The average Bonchev–Trinajstić information content (AvgIpc) is 3.37. The van der Waals surface area contributed by atoms with E-state index >= 15 is 0 Å². The maximum atomic E-state index is 13.4. The molecule has 10 nitrogen and oxygen atoms in total. The van der Waals surface area contributed by atoms with E-state index in [1.165, 1.54) is 22.9 Å². The van der Waals surface area contributed by atoms with Crippen LogP contribution in [0.15, 0.2) is 57.7 Å². The van der Waals surface area contributed by atoms with Crippen LogP contribution >= 0.6 is 22.9 Å². The standard InChI is InChI=1S/C27H28ClN5O5S2/c1-18-31-23-15-20(29-8-9-32-10-12-38-13-11-32)3-4-22(23)27(35)33(18)25-6-2-19(16-30-25)14-21(34)17-40(36,37)26-7-5-24(28)39-26/h2-7,15-16,29H,8-14,17H2,1H3. The van der Waals surface area contributed by atoms with Crippen molar-refractivity contribution in [3.05, 3.63) is 74.7 Å². The Morgan fingerprint density at radius 1 is 1.15 bits per heavy atom. The molecule has 1 fully saturated rings. The number of thiophene rings is 1. The summed E-state index contributed by atoms with van der Waals surface area (Å²) in [5, 5.41) is 3.86. The van der Waals surface area contributed by atoms with E-state index in [-0.39, 0.29) is 16.2 Å². The lowest BCUT2D eigenvalue weighted by molar-refractivity contribution is -0.116. The van der Waals surface area contributed by atoms with Gasteiger partial charge in [-0.25, -0.2) is 23.0 Å². The van der Waals surface area contributed by atoms with Gasteiger partial charge in [-0.3, -0.25) is 14.5 Å². The zero-order chi connectivity index (χ0) is 28.3. The van der Waals surface area contributed by atoms with E-state index in [9.17, 15) is 18.0 Å². The first kappa shape index (κ1) is 28.4. The summed E-state index contributed by atoms with van der Waals surface area (Å²) in [7, 11) is -3.76. The molecule has 1 saturated heterocycles. The topological polar surface area (TPSA) is 123 Å². The van der Waals surface area contributed by atoms with E-state index < -0.39 is 21.4 Å². The van der Waals surface area contributed by atoms with Gasteiger partial charge in [0.25, 0.3) is 5.56 Å². The maximum absolute atomic E-state index is 13.4. The summed E-state index contributed by atoms with van der Waals surface area (Å²) in [5.74, 6) is -0.251. The summed E-state index contributed by atoms with van der Waals surface area (Å²) < 4.78 is 32.1. The molecule has 4 aromatic rings. The van der Waals surface area contributed by atoms with Gasteiger partial charge in [0, 0.05) is 44.5 Å². The lowest BCUT2D eigenvalue weighted by Crippen LogP contribution is -2.39. The third-order valence-electron chi connectivity index (χ3n) is 6.54. The largest absolute Gasteiger partial charge is 0.384 e. The third-order valence-corrected chi connectivity index (χ3v) is 10.0. The highest BCUT2D eigenvalue weighted by Gasteiger charge is 2.22. The van der Waals surface area contributed by atoms with E-state index in [1.54, 1.807) is 25.1 Å². The molecule has 0 bridgehead atoms. The average molecular weight is 602 g/mol. The van der Waals surface area contributed by atoms with Gasteiger partial charge in [-0.2, -0.15) is 0 Å². The van der Waals surface area contributed by atoms with E-state index in [0.717, 1.165) is 56.4 Å². The van der Waals surface area contributed by atoms with Crippen LogP contribution in [0.1, 0.15) is 11.4 Å². The number of halogens is 1. The minimum absolute atomic E-state index is 0.0638. The second-order valence-electron chi connectivity index (χ2n) is 9.47. The summed E-state index contributed by atoms with van der Waals surface area (Å²) in [6, 6.07) is 11.7. The molecule has 3 aromatic heterocycles. The van der Waals surface area contributed by atoms with Gasteiger partial charge in [0.05, 0.1) is 28.5 Å². The third kappa shape index (κ3) is 6.58. The Morgan fingerprint density at radius 2 is 1.95 bits per heavy atom. The molecule has 0 radical (unpaired) electrons. The summed E-state index contributed by atoms with van der Waals surface area (Å²) in [6.45, 7) is 6.79. The van der Waals surface area contributed by atoms with E-state index in [0.29, 0.717) is 32.4 Å². The number of aryl methyl sites for hydroxylation is 1. The van der Waals surface area contributed by atoms with E-state index in [2.05, 4.69) is 20.2 Å². The number of fused-ring (bicyclic) bond motifs is 1. The normalized spacial score (nSPS) is 14.4. The Labute approximate surface area is 240 Å². The van der Waals surface area contributed by atoms with Gasteiger partial charge in [-0.1, -0.05) is 17.7 Å². The number of ketones is 1. The number of nitrogens with zero attached hydrogens (tertiary/aromatic N) is 4. The van der Waals surface area contributed by atoms with Crippen molar-refractivity contribution in [2.45, 2.75) is 17.6 Å². The van der Waals surface area contributed by atoms with Crippen LogP contribution in [0.25, 0.3) is 16.7 Å². The molecular weight excluding hydrogens is 574 g/mol. The quantitative estimate of drug-likeness (QED) is 0.292. The van der Waals surface area contributed by atoms with E-state index in [1.807, 2.05) is 12.1 Å². The number of sulfone groups is 1. The Kier molecular flexibility index (Phi) is 8.62. The molecule has 1 aliphatic rings. The molecule has 1 aliphatic heterocycles.